The number of rotatable bonds is 5. The van der Waals surface area contributed by atoms with E-state index in [1.807, 2.05) is 6.07 Å². The number of aromatic hydroxyl groups is 2. The summed E-state index contributed by atoms with van der Waals surface area (Å²) < 4.78 is 0. The van der Waals surface area contributed by atoms with Crippen molar-refractivity contribution in [1.82, 2.24) is 5.32 Å². The summed E-state index contributed by atoms with van der Waals surface area (Å²) in [5.41, 5.74) is 3.13. The topological polar surface area (TPSA) is 69.6 Å². The van der Waals surface area contributed by atoms with E-state index in [2.05, 4.69) is 11.4 Å². The lowest BCUT2D eigenvalue weighted by atomic mass is 9.48. The second-order valence-electron chi connectivity index (χ2n) is 9.67. The number of carbonyl (C=O) groups excluding carboxylic acids is 1. The monoisotopic (exact) mass is 391 g/mol. The van der Waals surface area contributed by atoms with Gasteiger partial charge in [-0.3, -0.25) is 4.79 Å². The first-order valence-electron chi connectivity index (χ1n) is 10.9. The molecule has 0 atom stereocenters. The number of benzene rings is 2. The second-order valence-corrected chi connectivity index (χ2v) is 9.67. The molecule has 4 heteroatoms. The molecule has 0 radical (unpaired) electrons. The van der Waals surface area contributed by atoms with Crippen molar-refractivity contribution in [2.45, 2.75) is 56.9 Å². The van der Waals surface area contributed by atoms with Gasteiger partial charge in [0, 0.05) is 12.1 Å². The number of hydrogen-bond acceptors (Lipinski definition) is 3. The van der Waals surface area contributed by atoms with E-state index in [1.54, 1.807) is 30.3 Å². The minimum absolute atomic E-state index is 0.0276. The molecular weight excluding hydrogens is 362 g/mol. The van der Waals surface area contributed by atoms with E-state index >= 15 is 0 Å². The third-order valence-corrected chi connectivity index (χ3v) is 7.46. The lowest BCUT2D eigenvalue weighted by molar-refractivity contribution is -0.120. The molecule has 0 heterocycles. The van der Waals surface area contributed by atoms with Crippen molar-refractivity contribution in [2.24, 2.45) is 17.8 Å². The molecule has 0 aromatic heterocycles. The first kappa shape index (κ1) is 18.5. The van der Waals surface area contributed by atoms with Crippen LogP contribution in [0.25, 0.3) is 0 Å². The van der Waals surface area contributed by atoms with Gasteiger partial charge < -0.3 is 15.5 Å². The molecule has 1 amide bonds. The first-order chi connectivity index (χ1) is 14.0. The minimum atomic E-state index is -0.0276. The maximum absolute atomic E-state index is 12.5. The van der Waals surface area contributed by atoms with E-state index in [0.29, 0.717) is 18.7 Å². The van der Waals surface area contributed by atoms with Crippen molar-refractivity contribution in [2.75, 3.05) is 0 Å². The fourth-order valence-corrected chi connectivity index (χ4v) is 6.62. The van der Waals surface area contributed by atoms with Gasteiger partial charge in [0.1, 0.15) is 11.5 Å². The molecule has 4 nitrogen and oxygen atoms in total. The highest BCUT2D eigenvalue weighted by Crippen LogP contribution is 2.61. The fourth-order valence-electron chi connectivity index (χ4n) is 6.62. The minimum Gasteiger partial charge on any atom is -0.508 e. The zero-order valence-corrected chi connectivity index (χ0v) is 16.7. The van der Waals surface area contributed by atoms with Gasteiger partial charge in [-0.05, 0) is 91.0 Å². The molecule has 2 aromatic rings. The van der Waals surface area contributed by atoms with Gasteiger partial charge in [-0.25, -0.2) is 0 Å². The van der Waals surface area contributed by atoms with E-state index in [-0.39, 0.29) is 17.1 Å². The summed E-state index contributed by atoms with van der Waals surface area (Å²) >= 11 is 0. The van der Waals surface area contributed by atoms with Crippen LogP contribution in [-0.2, 0) is 23.2 Å². The molecular formula is C25H29NO3. The van der Waals surface area contributed by atoms with Crippen LogP contribution in [0.4, 0.5) is 0 Å². The molecule has 0 aliphatic heterocycles. The van der Waals surface area contributed by atoms with Crippen LogP contribution in [0.3, 0.4) is 0 Å². The predicted octanol–water partition coefficient (Wildman–Crippen LogP) is 4.42. The molecule has 4 saturated carbocycles. The normalized spacial score (nSPS) is 29.7. The lowest BCUT2D eigenvalue weighted by Gasteiger charge is -2.57. The smallest absolute Gasteiger partial charge is 0.224 e. The first-order valence-corrected chi connectivity index (χ1v) is 10.9. The highest BCUT2D eigenvalue weighted by molar-refractivity contribution is 5.78. The van der Waals surface area contributed by atoms with Gasteiger partial charge in [0.05, 0.1) is 6.42 Å². The average Bonchev–Trinajstić information content (AvgIpc) is 2.68. The van der Waals surface area contributed by atoms with Crippen molar-refractivity contribution in [3.8, 4) is 11.5 Å². The van der Waals surface area contributed by atoms with E-state index in [1.165, 1.54) is 38.5 Å². The SMILES string of the molecule is O=C(Cc1ccc(O)c(C23CC4CC(CC(C4)C2)C3)c1)NCc1ccc(O)cc1. The Labute approximate surface area is 172 Å². The molecule has 0 spiro atoms. The highest BCUT2D eigenvalue weighted by atomic mass is 16.3. The molecule has 29 heavy (non-hydrogen) atoms. The average molecular weight is 392 g/mol. The molecule has 2 aromatic carbocycles. The summed E-state index contributed by atoms with van der Waals surface area (Å²) in [5, 5.41) is 23.0. The zero-order valence-electron chi connectivity index (χ0n) is 16.7. The van der Waals surface area contributed by atoms with E-state index in [9.17, 15) is 15.0 Å². The predicted molar refractivity (Wildman–Crippen MR) is 112 cm³/mol. The Morgan fingerprint density at radius 1 is 0.897 bits per heavy atom. The van der Waals surface area contributed by atoms with Crippen LogP contribution >= 0.6 is 0 Å². The van der Waals surface area contributed by atoms with Gasteiger partial charge in [-0.2, -0.15) is 0 Å². The molecule has 0 unspecified atom stereocenters. The molecule has 6 rings (SSSR count). The standard InChI is InChI=1S/C25H29NO3/c27-21-4-1-16(2-5-21)15-26-24(29)11-17-3-6-23(28)22(10-17)25-12-18-7-19(13-25)9-20(8-18)14-25/h1-6,10,18-20,27-28H,7-9,11-15H2,(H,26,29). The van der Waals surface area contributed by atoms with E-state index in [0.717, 1.165) is 34.4 Å². The summed E-state index contributed by atoms with van der Waals surface area (Å²) in [6, 6.07) is 12.6. The Hall–Kier alpha value is -2.49. The Morgan fingerprint density at radius 2 is 1.48 bits per heavy atom. The van der Waals surface area contributed by atoms with Gasteiger partial charge in [-0.1, -0.05) is 24.3 Å². The molecule has 0 saturated heterocycles. The van der Waals surface area contributed by atoms with Crippen LogP contribution in [0, 0.1) is 17.8 Å². The number of phenolic OH excluding ortho intramolecular Hbond substituents is 2. The van der Waals surface area contributed by atoms with Crippen LogP contribution in [0.15, 0.2) is 42.5 Å². The number of phenols is 2. The number of hydrogen-bond donors (Lipinski definition) is 3. The molecule has 4 aliphatic rings. The Kier molecular flexibility index (Phi) is 4.53. The van der Waals surface area contributed by atoms with Gasteiger partial charge in [0.2, 0.25) is 5.91 Å². The number of carbonyl (C=O) groups is 1. The molecule has 3 N–H and O–H groups in total. The van der Waals surface area contributed by atoms with Crippen LogP contribution in [0.5, 0.6) is 11.5 Å². The number of nitrogens with one attached hydrogen (secondary N) is 1. The van der Waals surface area contributed by atoms with Gasteiger partial charge >= 0.3 is 0 Å². The fraction of sp³-hybridized carbons (Fsp3) is 0.480. The number of amides is 1. The Bertz CT molecular complexity index is 883. The second kappa shape index (κ2) is 7.08. The van der Waals surface area contributed by atoms with Gasteiger partial charge in [0.25, 0.3) is 0 Å². The summed E-state index contributed by atoms with van der Waals surface area (Å²) in [6.07, 6.45) is 8.03. The van der Waals surface area contributed by atoms with Crippen LogP contribution in [-0.4, -0.2) is 16.1 Å². The van der Waals surface area contributed by atoms with Crippen LogP contribution in [0.1, 0.15) is 55.2 Å². The summed E-state index contributed by atoms with van der Waals surface area (Å²) in [4.78, 5) is 12.5. The third-order valence-electron chi connectivity index (χ3n) is 7.46. The van der Waals surface area contributed by atoms with Crippen molar-refractivity contribution < 1.29 is 15.0 Å². The lowest BCUT2D eigenvalue weighted by Crippen LogP contribution is -2.48. The Balaban J connectivity index is 1.30. The summed E-state index contributed by atoms with van der Waals surface area (Å²) in [7, 11) is 0. The van der Waals surface area contributed by atoms with Crippen LogP contribution < -0.4 is 5.32 Å². The van der Waals surface area contributed by atoms with Crippen molar-refractivity contribution >= 4 is 5.91 Å². The van der Waals surface area contributed by atoms with E-state index < -0.39 is 0 Å². The van der Waals surface area contributed by atoms with Crippen molar-refractivity contribution in [1.29, 1.82) is 0 Å². The quantitative estimate of drug-likeness (QED) is 0.706. The van der Waals surface area contributed by atoms with Crippen LogP contribution in [0.2, 0.25) is 0 Å². The van der Waals surface area contributed by atoms with Gasteiger partial charge in [-0.15, -0.1) is 0 Å². The van der Waals surface area contributed by atoms with Gasteiger partial charge in [0.15, 0.2) is 0 Å². The Morgan fingerprint density at radius 3 is 2.10 bits per heavy atom. The van der Waals surface area contributed by atoms with Crippen molar-refractivity contribution in [3.05, 3.63) is 59.2 Å². The summed E-state index contributed by atoms with van der Waals surface area (Å²) in [5.74, 6) is 3.05. The van der Waals surface area contributed by atoms with Crippen molar-refractivity contribution in [3.63, 3.8) is 0 Å². The maximum Gasteiger partial charge on any atom is 0.224 e. The molecule has 4 fully saturated rings. The highest BCUT2D eigenvalue weighted by Gasteiger charge is 2.52. The molecule has 152 valence electrons. The van der Waals surface area contributed by atoms with E-state index in [4.69, 9.17) is 0 Å². The molecule has 4 bridgehead atoms. The molecule has 4 aliphatic carbocycles. The largest absolute Gasteiger partial charge is 0.508 e. The third kappa shape index (κ3) is 3.61. The maximum atomic E-state index is 12.5. The summed E-state index contributed by atoms with van der Waals surface area (Å²) in [6.45, 7) is 0.443. The zero-order chi connectivity index (χ0) is 20.0.